The summed E-state index contributed by atoms with van der Waals surface area (Å²) in [6.07, 6.45) is -0.113. The van der Waals surface area contributed by atoms with Gasteiger partial charge in [-0.05, 0) is 19.8 Å². The van der Waals surface area contributed by atoms with Crippen molar-refractivity contribution in [1.82, 2.24) is 21.3 Å². The van der Waals surface area contributed by atoms with Crippen LogP contribution in [-0.4, -0.2) is 65.9 Å². The van der Waals surface area contributed by atoms with Crippen molar-refractivity contribution in [2.24, 2.45) is 11.7 Å². The molecule has 4 amide bonds. The van der Waals surface area contributed by atoms with Gasteiger partial charge in [0.15, 0.2) is 0 Å². The Balaban J connectivity index is 4.40. The quantitative estimate of drug-likeness (QED) is 0.230. The lowest BCUT2D eigenvalue weighted by atomic mass is 10.0. The minimum Gasteiger partial charge on any atom is -0.480 e. The first kappa shape index (κ1) is 24.3. The first-order chi connectivity index (χ1) is 12.5. The van der Waals surface area contributed by atoms with E-state index in [2.05, 4.69) is 21.3 Å². The molecule has 0 aromatic heterocycles. The molecule has 11 nitrogen and oxygen atoms in total. The Morgan fingerprint density at radius 2 is 1.48 bits per heavy atom. The van der Waals surface area contributed by atoms with Crippen molar-refractivity contribution < 1.29 is 29.1 Å². The summed E-state index contributed by atoms with van der Waals surface area (Å²) >= 11 is 0. The summed E-state index contributed by atoms with van der Waals surface area (Å²) in [6.45, 7) is 5.78. The molecule has 154 valence electrons. The number of carboxylic acids is 1. The number of aliphatic carboxylic acids is 1. The third-order valence-electron chi connectivity index (χ3n) is 3.52. The van der Waals surface area contributed by atoms with Crippen LogP contribution in [0.3, 0.4) is 0 Å². The molecular formula is C16H29N5O6. The van der Waals surface area contributed by atoms with Crippen LogP contribution in [0.1, 0.15) is 34.1 Å². The average Bonchev–Trinajstić information content (AvgIpc) is 2.56. The highest BCUT2D eigenvalue weighted by atomic mass is 16.4. The third kappa shape index (κ3) is 10.1. The summed E-state index contributed by atoms with van der Waals surface area (Å²) in [6, 6.07) is -2.42. The Hall–Kier alpha value is -2.69. The van der Waals surface area contributed by atoms with Gasteiger partial charge in [0.2, 0.25) is 23.6 Å². The summed E-state index contributed by atoms with van der Waals surface area (Å²) < 4.78 is 0. The second-order valence-electron chi connectivity index (χ2n) is 6.51. The molecule has 0 fully saturated rings. The summed E-state index contributed by atoms with van der Waals surface area (Å²) in [5.41, 5.74) is 5.21. The highest BCUT2D eigenvalue weighted by Crippen LogP contribution is 2.01. The van der Waals surface area contributed by atoms with E-state index in [4.69, 9.17) is 10.8 Å². The van der Waals surface area contributed by atoms with Gasteiger partial charge in [-0.15, -0.1) is 0 Å². The minimum atomic E-state index is -1.16. The van der Waals surface area contributed by atoms with E-state index in [1.165, 1.54) is 6.92 Å². The predicted octanol–water partition coefficient (Wildman–Crippen LogP) is -2.31. The molecular weight excluding hydrogens is 358 g/mol. The summed E-state index contributed by atoms with van der Waals surface area (Å²) in [5.74, 6) is -3.42. The van der Waals surface area contributed by atoms with E-state index in [1.54, 1.807) is 20.8 Å². The molecule has 0 aromatic carbocycles. The molecule has 0 heterocycles. The van der Waals surface area contributed by atoms with E-state index < -0.39 is 47.7 Å². The number of carbonyl (C=O) groups excluding carboxylic acids is 4. The highest BCUT2D eigenvalue weighted by molar-refractivity contribution is 5.91. The molecule has 0 saturated heterocycles. The maximum absolute atomic E-state index is 12.1. The van der Waals surface area contributed by atoms with Gasteiger partial charge >= 0.3 is 5.97 Å². The maximum Gasteiger partial charge on any atom is 0.325 e. The maximum atomic E-state index is 12.1. The van der Waals surface area contributed by atoms with Gasteiger partial charge in [0.25, 0.3) is 0 Å². The number of hydrogen-bond acceptors (Lipinski definition) is 6. The first-order valence-electron chi connectivity index (χ1n) is 8.56. The van der Waals surface area contributed by atoms with Crippen LogP contribution in [0.2, 0.25) is 0 Å². The van der Waals surface area contributed by atoms with Gasteiger partial charge in [-0.2, -0.15) is 0 Å². The van der Waals surface area contributed by atoms with Crippen LogP contribution in [-0.2, 0) is 24.0 Å². The average molecular weight is 387 g/mol. The van der Waals surface area contributed by atoms with Crippen molar-refractivity contribution in [3.63, 3.8) is 0 Å². The fraction of sp³-hybridized carbons (Fsp3) is 0.688. The van der Waals surface area contributed by atoms with E-state index >= 15 is 0 Å². The van der Waals surface area contributed by atoms with E-state index in [9.17, 15) is 24.0 Å². The Morgan fingerprint density at radius 1 is 0.889 bits per heavy atom. The van der Waals surface area contributed by atoms with Crippen LogP contribution in [0.4, 0.5) is 0 Å². The smallest absolute Gasteiger partial charge is 0.325 e. The number of hydrogen-bond donors (Lipinski definition) is 6. The van der Waals surface area contributed by atoms with Crippen LogP contribution >= 0.6 is 0 Å². The van der Waals surface area contributed by atoms with Crippen molar-refractivity contribution >= 4 is 29.6 Å². The summed E-state index contributed by atoms with van der Waals surface area (Å²) in [4.78, 5) is 57.7. The summed E-state index contributed by atoms with van der Waals surface area (Å²) in [7, 11) is 0. The fourth-order valence-electron chi connectivity index (χ4n) is 2.06. The Kier molecular flexibility index (Phi) is 10.7. The van der Waals surface area contributed by atoms with E-state index in [0.717, 1.165) is 0 Å². The molecule has 3 atom stereocenters. The van der Waals surface area contributed by atoms with Crippen molar-refractivity contribution in [2.45, 2.75) is 52.2 Å². The first-order valence-corrected chi connectivity index (χ1v) is 8.56. The molecule has 0 aliphatic rings. The van der Waals surface area contributed by atoms with E-state index in [0.29, 0.717) is 0 Å². The van der Waals surface area contributed by atoms with Crippen molar-refractivity contribution in [3.05, 3.63) is 0 Å². The van der Waals surface area contributed by atoms with Gasteiger partial charge in [0.05, 0.1) is 13.1 Å². The predicted molar refractivity (Wildman–Crippen MR) is 96.3 cm³/mol. The Labute approximate surface area is 157 Å². The molecule has 0 aliphatic heterocycles. The minimum absolute atomic E-state index is 0.113. The number of carboxylic acid groups (broad SMARTS) is 1. The zero-order valence-electron chi connectivity index (χ0n) is 16.0. The normalized spacial score (nSPS) is 13.9. The van der Waals surface area contributed by atoms with Gasteiger partial charge in [0.1, 0.15) is 12.1 Å². The number of rotatable bonds is 11. The number of nitrogens with one attached hydrogen (secondary N) is 4. The lowest BCUT2D eigenvalue weighted by Gasteiger charge is -2.21. The topological polar surface area (TPSA) is 180 Å². The second-order valence-corrected chi connectivity index (χ2v) is 6.51. The molecule has 0 rings (SSSR count). The van der Waals surface area contributed by atoms with Crippen LogP contribution < -0.4 is 27.0 Å². The zero-order chi connectivity index (χ0) is 21.1. The van der Waals surface area contributed by atoms with E-state index in [1.807, 2.05) is 0 Å². The molecule has 0 radical (unpaired) electrons. The molecule has 0 aliphatic carbocycles. The van der Waals surface area contributed by atoms with Crippen LogP contribution in [0.15, 0.2) is 0 Å². The largest absolute Gasteiger partial charge is 0.480 e. The highest BCUT2D eigenvalue weighted by Gasteiger charge is 2.24. The molecule has 0 saturated carbocycles. The molecule has 11 heteroatoms. The molecule has 0 bridgehead atoms. The monoisotopic (exact) mass is 387 g/mol. The Morgan fingerprint density at radius 3 is 1.96 bits per heavy atom. The molecule has 3 unspecified atom stereocenters. The molecule has 27 heavy (non-hydrogen) atoms. The fourth-order valence-corrected chi connectivity index (χ4v) is 2.06. The summed E-state index contributed by atoms with van der Waals surface area (Å²) in [5, 5.41) is 18.4. The van der Waals surface area contributed by atoms with Crippen molar-refractivity contribution in [1.29, 1.82) is 0 Å². The van der Waals surface area contributed by atoms with Crippen LogP contribution in [0.25, 0.3) is 0 Å². The lowest BCUT2D eigenvalue weighted by Crippen LogP contribution is -2.53. The number of nitrogens with two attached hydrogens (primary N) is 1. The van der Waals surface area contributed by atoms with Crippen LogP contribution in [0, 0.1) is 5.92 Å². The second kappa shape index (κ2) is 11.8. The molecule has 0 spiro atoms. The van der Waals surface area contributed by atoms with E-state index in [-0.39, 0.29) is 25.4 Å². The zero-order valence-corrected chi connectivity index (χ0v) is 16.0. The number of amides is 4. The SMILES string of the molecule is CC(CC(=O)NC(C)C(=O)O)NC(=O)CNC(=O)C(NC(=O)CN)C(C)C. The van der Waals surface area contributed by atoms with Gasteiger partial charge < -0.3 is 32.1 Å². The third-order valence-corrected chi connectivity index (χ3v) is 3.52. The van der Waals surface area contributed by atoms with Gasteiger partial charge in [-0.25, -0.2) is 0 Å². The van der Waals surface area contributed by atoms with Crippen molar-refractivity contribution in [3.8, 4) is 0 Å². The van der Waals surface area contributed by atoms with Gasteiger partial charge in [0, 0.05) is 12.5 Å². The van der Waals surface area contributed by atoms with Crippen molar-refractivity contribution in [2.75, 3.05) is 13.1 Å². The van der Waals surface area contributed by atoms with Gasteiger partial charge in [-0.3, -0.25) is 24.0 Å². The lowest BCUT2D eigenvalue weighted by molar-refractivity contribution is -0.141. The standard InChI is InChI=1S/C16H29N5O6/c1-8(2)14(21-12(23)6-17)15(25)18-7-13(24)19-9(3)5-11(22)20-10(4)16(26)27/h8-10,14H,5-7,17H2,1-4H3,(H,18,25)(H,19,24)(H,20,22)(H,21,23)(H,26,27). The van der Waals surface area contributed by atoms with Gasteiger partial charge in [-0.1, -0.05) is 13.8 Å². The molecule has 0 aromatic rings. The Bertz CT molecular complexity index is 566. The number of carbonyl (C=O) groups is 5. The van der Waals surface area contributed by atoms with Crippen LogP contribution in [0.5, 0.6) is 0 Å². The molecule has 7 N–H and O–H groups in total.